The molecule has 1 atom stereocenters. The molecule has 0 spiro atoms. The van der Waals surface area contributed by atoms with Crippen LogP contribution in [0.25, 0.3) is 0 Å². The molecule has 0 bridgehead atoms. The van der Waals surface area contributed by atoms with Crippen LogP contribution in [-0.2, 0) is 20.0 Å². The lowest BCUT2D eigenvalue weighted by Crippen LogP contribution is -2.36. The van der Waals surface area contributed by atoms with Crippen molar-refractivity contribution in [3.8, 4) is 0 Å². The lowest BCUT2D eigenvalue weighted by molar-refractivity contribution is 0.476. The van der Waals surface area contributed by atoms with Crippen LogP contribution in [0, 0.1) is 5.92 Å². The minimum Gasteiger partial charge on any atom is -0.255 e. The number of nitrogens with one attached hydrogen (secondary N) is 2. The second-order valence-electron chi connectivity index (χ2n) is 5.57. The summed E-state index contributed by atoms with van der Waals surface area (Å²) in [6.45, 7) is 5.60. The summed E-state index contributed by atoms with van der Waals surface area (Å²) >= 11 is 1.15. The fourth-order valence-electron chi connectivity index (χ4n) is 1.69. The monoisotopic (exact) mass is 389 g/mol. The maximum Gasteiger partial charge on any atom is 0.263 e. The molecule has 2 rings (SSSR count). The zero-order valence-corrected chi connectivity index (χ0v) is 15.9. The van der Waals surface area contributed by atoms with Crippen LogP contribution in [0.3, 0.4) is 0 Å². The number of anilines is 1. The molecule has 0 aliphatic carbocycles. The predicted octanol–water partition coefficient (Wildman–Crippen LogP) is 2.27. The minimum atomic E-state index is -3.80. The van der Waals surface area contributed by atoms with Crippen molar-refractivity contribution in [1.82, 2.24) is 9.71 Å². The van der Waals surface area contributed by atoms with E-state index in [1.807, 2.05) is 13.8 Å². The fourth-order valence-corrected chi connectivity index (χ4v) is 4.88. The van der Waals surface area contributed by atoms with Gasteiger partial charge in [-0.05, 0) is 37.1 Å². The van der Waals surface area contributed by atoms with E-state index >= 15 is 0 Å². The molecule has 1 aromatic carbocycles. The molecule has 0 aliphatic heterocycles. The quantitative estimate of drug-likeness (QED) is 0.756. The Morgan fingerprint density at radius 2 is 1.50 bits per heavy atom. The van der Waals surface area contributed by atoms with Gasteiger partial charge in [-0.25, -0.2) is 26.5 Å². The standard InChI is InChI=1S/C14H19N3O4S3/c1-10(2)11(3)16-23(18,19)12-4-6-13(7-5-12)24(20,21)17-14-15-8-9-22-14/h4-11,16H,1-3H3,(H,15,17). The second kappa shape index (κ2) is 7.18. The van der Waals surface area contributed by atoms with E-state index in [2.05, 4.69) is 14.4 Å². The van der Waals surface area contributed by atoms with E-state index in [4.69, 9.17) is 0 Å². The van der Waals surface area contributed by atoms with Gasteiger partial charge in [0.05, 0.1) is 9.79 Å². The van der Waals surface area contributed by atoms with Gasteiger partial charge in [-0.3, -0.25) is 4.72 Å². The molecule has 2 aromatic rings. The molecule has 10 heteroatoms. The van der Waals surface area contributed by atoms with Gasteiger partial charge < -0.3 is 0 Å². The number of thiazole rings is 1. The van der Waals surface area contributed by atoms with Crippen molar-refractivity contribution in [2.24, 2.45) is 5.92 Å². The lowest BCUT2D eigenvalue weighted by Gasteiger charge is -2.17. The number of hydrogen-bond acceptors (Lipinski definition) is 6. The molecule has 0 saturated heterocycles. The van der Waals surface area contributed by atoms with Crippen molar-refractivity contribution < 1.29 is 16.8 Å². The molecule has 0 fully saturated rings. The van der Waals surface area contributed by atoms with Crippen molar-refractivity contribution >= 4 is 36.5 Å². The van der Waals surface area contributed by atoms with E-state index in [1.54, 1.807) is 12.3 Å². The Balaban J connectivity index is 2.21. The summed E-state index contributed by atoms with van der Waals surface area (Å²) in [4.78, 5) is 3.84. The molecule has 1 heterocycles. The van der Waals surface area contributed by atoms with Crippen LogP contribution in [-0.4, -0.2) is 27.9 Å². The van der Waals surface area contributed by atoms with E-state index in [0.717, 1.165) is 11.3 Å². The molecule has 0 aliphatic rings. The van der Waals surface area contributed by atoms with Crippen LogP contribution >= 0.6 is 11.3 Å². The Bertz CT molecular complexity index is 874. The molecule has 7 nitrogen and oxygen atoms in total. The summed E-state index contributed by atoms with van der Waals surface area (Å²) in [5, 5.41) is 1.90. The molecule has 2 N–H and O–H groups in total. The first-order valence-corrected chi connectivity index (χ1v) is 11.0. The zero-order valence-electron chi connectivity index (χ0n) is 13.4. The zero-order chi connectivity index (χ0) is 18.0. The van der Waals surface area contributed by atoms with Gasteiger partial charge >= 0.3 is 0 Å². The summed E-state index contributed by atoms with van der Waals surface area (Å²) < 4.78 is 53.9. The van der Waals surface area contributed by atoms with Crippen LogP contribution in [0.5, 0.6) is 0 Å². The van der Waals surface area contributed by atoms with Crippen molar-refractivity contribution in [2.45, 2.75) is 36.6 Å². The number of hydrogen-bond donors (Lipinski definition) is 2. The van der Waals surface area contributed by atoms with Crippen molar-refractivity contribution in [2.75, 3.05) is 4.72 Å². The Labute approximate surface area is 146 Å². The summed E-state index contributed by atoms with van der Waals surface area (Å²) in [6, 6.07) is 4.82. The second-order valence-corrected chi connectivity index (χ2v) is 9.86. The SMILES string of the molecule is CC(C)C(C)NS(=O)(=O)c1ccc(S(=O)(=O)Nc2nccs2)cc1. The Morgan fingerprint density at radius 3 is 1.96 bits per heavy atom. The number of benzene rings is 1. The third-order valence-electron chi connectivity index (χ3n) is 3.44. The highest BCUT2D eigenvalue weighted by molar-refractivity contribution is 7.93. The average Bonchev–Trinajstić information content (AvgIpc) is 2.99. The molecule has 0 amide bonds. The van der Waals surface area contributed by atoms with Gasteiger partial charge in [0.25, 0.3) is 10.0 Å². The maximum atomic E-state index is 12.3. The normalized spacial score (nSPS) is 13.8. The maximum absolute atomic E-state index is 12.3. The van der Waals surface area contributed by atoms with Gasteiger partial charge in [0, 0.05) is 17.6 Å². The molecule has 1 aromatic heterocycles. The molecule has 24 heavy (non-hydrogen) atoms. The van der Waals surface area contributed by atoms with Gasteiger partial charge in [-0.2, -0.15) is 0 Å². The summed E-state index contributed by atoms with van der Waals surface area (Å²) in [7, 11) is -7.49. The van der Waals surface area contributed by atoms with Gasteiger partial charge in [0.1, 0.15) is 0 Å². The van der Waals surface area contributed by atoms with Crippen LogP contribution in [0.2, 0.25) is 0 Å². The summed E-state index contributed by atoms with van der Waals surface area (Å²) in [6.07, 6.45) is 1.49. The largest absolute Gasteiger partial charge is 0.263 e. The first kappa shape index (κ1) is 18.8. The predicted molar refractivity (Wildman–Crippen MR) is 94.0 cm³/mol. The molecular formula is C14H19N3O4S3. The molecule has 132 valence electrons. The number of rotatable bonds is 7. The van der Waals surface area contributed by atoms with Gasteiger partial charge in [-0.1, -0.05) is 13.8 Å². The van der Waals surface area contributed by atoms with E-state index in [0.29, 0.717) is 0 Å². The smallest absolute Gasteiger partial charge is 0.255 e. The molecule has 1 unspecified atom stereocenters. The van der Waals surface area contributed by atoms with E-state index in [-0.39, 0.29) is 26.9 Å². The Kier molecular flexibility index (Phi) is 5.63. The highest BCUT2D eigenvalue weighted by atomic mass is 32.2. The van der Waals surface area contributed by atoms with Crippen molar-refractivity contribution in [3.05, 3.63) is 35.8 Å². The van der Waals surface area contributed by atoms with Crippen LogP contribution in [0.15, 0.2) is 45.6 Å². The van der Waals surface area contributed by atoms with E-state index in [1.165, 1.54) is 30.5 Å². The Morgan fingerprint density at radius 1 is 0.958 bits per heavy atom. The van der Waals surface area contributed by atoms with E-state index in [9.17, 15) is 16.8 Å². The summed E-state index contributed by atoms with van der Waals surface area (Å²) in [5.41, 5.74) is 0. The highest BCUT2D eigenvalue weighted by Gasteiger charge is 2.21. The topological polar surface area (TPSA) is 105 Å². The first-order chi connectivity index (χ1) is 11.1. The minimum absolute atomic E-state index is 0.0169. The number of nitrogens with zero attached hydrogens (tertiary/aromatic N) is 1. The lowest BCUT2D eigenvalue weighted by atomic mass is 10.1. The van der Waals surface area contributed by atoms with Crippen LogP contribution in [0.4, 0.5) is 5.13 Å². The third-order valence-corrected chi connectivity index (χ3v) is 7.19. The summed E-state index contributed by atoms with van der Waals surface area (Å²) in [5.74, 6) is 0.141. The Hall–Kier alpha value is -1.49. The molecule has 0 radical (unpaired) electrons. The average molecular weight is 390 g/mol. The van der Waals surface area contributed by atoms with Crippen molar-refractivity contribution in [3.63, 3.8) is 0 Å². The van der Waals surface area contributed by atoms with Gasteiger partial charge in [-0.15, -0.1) is 11.3 Å². The van der Waals surface area contributed by atoms with E-state index < -0.39 is 20.0 Å². The van der Waals surface area contributed by atoms with Crippen LogP contribution < -0.4 is 9.44 Å². The third kappa shape index (κ3) is 4.53. The molecular weight excluding hydrogens is 370 g/mol. The highest BCUT2D eigenvalue weighted by Crippen LogP contribution is 2.20. The van der Waals surface area contributed by atoms with Crippen LogP contribution in [0.1, 0.15) is 20.8 Å². The number of sulfonamides is 2. The first-order valence-electron chi connectivity index (χ1n) is 7.16. The molecule has 0 saturated carbocycles. The van der Waals surface area contributed by atoms with Gasteiger partial charge in [0.15, 0.2) is 5.13 Å². The number of aromatic nitrogens is 1. The van der Waals surface area contributed by atoms with Gasteiger partial charge in [0.2, 0.25) is 10.0 Å². The van der Waals surface area contributed by atoms with Crippen molar-refractivity contribution in [1.29, 1.82) is 0 Å². The fraction of sp³-hybridized carbons (Fsp3) is 0.357.